The zero-order chi connectivity index (χ0) is 16.4. The molecule has 2 aromatic heterocycles. The van der Waals surface area contributed by atoms with Crippen LogP contribution >= 0.6 is 0 Å². The molecular weight excluding hydrogens is 306 g/mol. The van der Waals surface area contributed by atoms with Gasteiger partial charge >= 0.3 is 0 Å². The predicted molar refractivity (Wildman–Crippen MR) is 85.8 cm³/mol. The van der Waals surface area contributed by atoms with Crippen molar-refractivity contribution in [2.45, 2.75) is 44.4 Å². The van der Waals surface area contributed by atoms with Crippen LogP contribution in [0.2, 0.25) is 0 Å². The van der Waals surface area contributed by atoms with Crippen molar-refractivity contribution in [1.29, 1.82) is 0 Å². The first-order valence-corrected chi connectivity index (χ1v) is 8.67. The highest BCUT2D eigenvalue weighted by atomic mass is 16.5. The van der Waals surface area contributed by atoms with Crippen LogP contribution in [-0.4, -0.2) is 44.0 Å². The van der Waals surface area contributed by atoms with E-state index >= 15 is 0 Å². The van der Waals surface area contributed by atoms with Crippen molar-refractivity contribution in [1.82, 2.24) is 25.0 Å². The van der Waals surface area contributed by atoms with Crippen molar-refractivity contribution in [2.75, 3.05) is 13.1 Å². The molecule has 1 aliphatic carbocycles. The highest BCUT2D eigenvalue weighted by Crippen LogP contribution is 2.31. The fraction of sp³-hybridized carbons (Fsp3) is 0.588. The molecule has 7 heteroatoms. The molecule has 0 bridgehead atoms. The van der Waals surface area contributed by atoms with E-state index < -0.39 is 0 Å². The van der Waals surface area contributed by atoms with Gasteiger partial charge in [-0.3, -0.25) is 9.78 Å². The van der Waals surface area contributed by atoms with Gasteiger partial charge in [0.05, 0.1) is 12.1 Å². The molecule has 1 amide bonds. The van der Waals surface area contributed by atoms with Crippen molar-refractivity contribution in [2.24, 2.45) is 5.92 Å². The summed E-state index contributed by atoms with van der Waals surface area (Å²) in [5.41, 5.74) is 0.594. The molecule has 2 fully saturated rings. The molecule has 0 N–H and O–H groups in total. The SMILES string of the molecule is O=C(CCC1CCCC1)N1CC(c2nc(-c3cnccn3)no2)C1. The van der Waals surface area contributed by atoms with Crippen LogP contribution in [0, 0.1) is 5.92 Å². The lowest BCUT2D eigenvalue weighted by Crippen LogP contribution is -2.48. The molecule has 0 spiro atoms. The summed E-state index contributed by atoms with van der Waals surface area (Å²) in [5.74, 6) is 2.18. The molecule has 0 atom stereocenters. The van der Waals surface area contributed by atoms with Crippen LogP contribution in [0.25, 0.3) is 11.5 Å². The maximum Gasteiger partial charge on any atom is 0.233 e. The van der Waals surface area contributed by atoms with E-state index in [9.17, 15) is 4.79 Å². The van der Waals surface area contributed by atoms with Crippen LogP contribution in [0.5, 0.6) is 0 Å². The highest BCUT2D eigenvalue weighted by molar-refractivity contribution is 5.77. The van der Waals surface area contributed by atoms with Gasteiger partial charge < -0.3 is 9.42 Å². The van der Waals surface area contributed by atoms with Crippen LogP contribution in [0.3, 0.4) is 0 Å². The molecule has 126 valence electrons. The summed E-state index contributed by atoms with van der Waals surface area (Å²) < 4.78 is 5.33. The largest absolute Gasteiger partial charge is 0.341 e. The minimum atomic E-state index is 0.137. The Kier molecular flexibility index (Phi) is 4.23. The molecule has 1 saturated carbocycles. The van der Waals surface area contributed by atoms with E-state index in [0.29, 0.717) is 36.9 Å². The third-order valence-corrected chi connectivity index (χ3v) is 5.06. The molecule has 2 aromatic rings. The van der Waals surface area contributed by atoms with E-state index in [-0.39, 0.29) is 11.8 Å². The monoisotopic (exact) mass is 327 g/mol. The first-order chi connectivity index (χ1) is 11.8. The first kappa shape index (κ1) is 15.2. The standard InChI is InChI=1S/C17H21N5O2/c23-15(6-5-12-3-1-2-4-12)22-10-13(11-22)17-20-16(21-24-17)14-9-18-7-8-19-14/h7-9,12-13H,1-6,10-11H2. The molecule has 2 aliphatic rings. The first-order valence-electron chi connectivity index (χ1n) is 8.67. The summed E-state index contributed by atoms with van der Waals surface area (Å²) >= 11 is 0. The average molecular weight is 327 g/mol. The van der Waals surface area contributed by atoms with E-state index in [2.05, 4.69) is 20.1 Å². The van der Waals surface area contributed by atoms with Gasteiger partial charge in [0.1, 0.15) is 5.69 Å². The van der Waals surface area contributed by atoms with Gasteiger partial charge in [0.2, 0.25) is 17.6 Å². The van der Waals surface area contributed by atoms with Gasteiger partial charge in [-0.25, -0.2) is 4.98 Å². The minimum absolute atomic E-state index is 0.137. The number of hydrogen-bond acceptors (Lipinski definition) is 6. The Labute approximate surface area is 140 Å². The second kappa shape index (κ2) is 6.67. The Morgan fingerprint density at radius 3 is 2.83 bits per heavy atom. The molecule has 24 heavy (non-hydrogen) atoms. The average Bonchev–Trinajstić information content (AvgIpc) is 3.24. The van der Waals surface area contributed by atoms with Gasteiger partial charge in [-0.2, -0.15) is 4.98 Å². The lowest BCUT2D eigenvalue weighted by molar-refractivity contribution is -0.136. The van der Waals surface area contributed by atoms with Crippen LogP contribution in [0.15, 0.2) is 23.1 Å². The smallest absolute Gasteiger partial charge is 0.233 e. The van der Waals surface area contributed by atoms with E-state index in [1.54, 1.807) is 18.6 Å². The summed E-state index contributed by atoms with van der Waals surface area (Å²) in [6, 6.07) is 0. The second-order valence-electron chi connectivity index (χ2n) is 6.73. The molecule has 1 saturated heterocycles. The van der Waals surface area contributed by atoms with Crippen molar-refractivity contribution < 1.29 is 9.32 Å². The highest BCUT2D eigenvalue weighted by Gasteiger charge is 2.35. The number of rotatable bonds is 5. The van der Waals surface area contributed by atoms with E-state index in [1.807, 2.05) is 4.90 Å². The molecule has 1 aliphatic heterocycles. The molecule has 0 aromatic carbocycles. The summed E-state index contributed by atoms with van der Waals surface area (Å²) in [5, 5.41) is 3.96. The summed E-state index contributed by atoms with van der Waals surface area (Å²) in [6.07, 6.45) is 11.8. The van der Waals surface area contributed by atoms with Crippen molar-refractivity contribution >= 4 is 5.91 Å². The Morgan fingerprint density at radius 2 is 2.08 bits per heavy atom. The van der Waals surface area contributed by atoms with Gasteiger partial charge in [-0.05, 0) is 12.3 Å². The fourth-order valence-corrected chi connectivity index (χ4v) is 3.54. The normalized spacial score (nSPS) is 18.8. The summed E-state index contributed by atoms with van der Waals surface area (Å²) in [4.78, 5) is 26.7. The molecule has 0 radical (unpaired) electrons. The number of carbonyl (C=O) groups is 1. The Balaban J connectivity index is 1.28. The molecule has 4 rings (SSSR count). The topological polar surface area (TPSA) is 85.0 Å². The summed E-state index contributed by atoms with van der Waals surface area (Å²) in [7, 11) is 0. The zero-order valence-electron chi connectivity index (χ0n) is 13.6. The molecule has 0 unspecified atom stereocenters. The Morgan fingerprint density at radius 1 is 1.25 bits per heavy atom. The minimum Gasteiger partial charge on any atom is -0.341 e. The second-order valence-corrected chi connectivity index (χ2v) is 6.73. The van der Waals surface area contributed by atoms with E-state index in [4.69, 9.17) is 4.52 Å². The number of amides is 1. The number of carbonyl (C=O) groups excluding carboxylic acids is 1. The van der Waals surface area contributed by atoms with Crippen molar-refractivity contribution in [3.05, 3.63) is 24.5 Å². The summed E-state index contributed by atoms with van der Waals surface area (Å²) in [6.45, 7) is 1.34. The number of likely N-dealkylation sites (tertiary alicyclic amines) is 1. The van der Waals surface area contributed by atoms with Gasteiger partial charge in [-0.15, -0.1) is 0 Å². The van der Waals surface area contributed by atoms with Crippen LogP contribution < -0.4 is 0 Å². The Bertz CT molecular complexity index is 690. The third kappa shape index (κ3) is 3.16. The van der Waals surface area contributed by atoms with Gasteiger partial charge in [0, 0.05) is 31.9 Å². The lowest BCUT2D eigenvalue weighted by atomic mass is 9.97. The number of aromatic nitrogens is 4. The van der Waals surface area contributed by atoms with E-state index in [1.165, 1.54) is 25.7 Å². The molecule has 3 heterocycles. The predicted octanol–water partition coefficient (Wildman–Crippen LogP) is 2.42. The Hall–Kier alpha value is -2.31. The van der Waals surface area contributed by atoms with Crippen LogP contribution in [0.1, 0.15) is 50.3 Å². The fourth-order valence-electron chi connectivity index (χ4n) is 3.54. The van der Waals surface area contributed by atoms with Gasteiger partial charge in [-0.1, -0.05) is 30.8 Å². The third-order valence-electron chi connectivity index (χ3n) is 5.06. The molecular formula is C17H21N5O2. The maximum atomic E-state index is 12.2. The lowest BCUT2D eigenvalue weighted by Gasteiger charge is -2.37. The van der Waals surface area contributed by atoms with Crippen molar-refractivity contribution in [3.8, 4) is 11.5 Å². The number of hydrogen-bond donors (Lipinski definition) is 0. The quantitative estimate of drug-likeness (QED) is 0.838. The van der Waals surface area contributed by atoms with E-state index in [0.717, 1.165) is 12.3 Å². The van der Waals surface area contributed by atoms with Crippen LogP contribution in [-0.2, 0) is 4.79 Å². The van der Waals surface area contributed by atoms with Crippen molar-refractivity contribution in [3.63, 3.8) is 0 Å². The zero-order valence-corrected chi connectivity index (χ0v) is 13.6. The van der Waals surface area contributed by atoms with Crippen LogP contribution in [0.4, 0.5) is 0 Å². The van der Waals surface area contributed by atoms with Gasteiger partial charge in [0.25, 0.3) is 0 Å². The number of nitrogens with zero attached hydrogens (tertiary/aromatic N) is 5. The maximum absolute atomic E-state index is 12.2. The molecule has 7 nitrogen and oxygen atoms in total. The van der Waals surface area contributed by atoms with Gasteiger partial charge in [0.15, 0.2) is 0 Å².